The van der Waals surface area contributed by atoms with Crippen molar-refractivity contribution in [1.29, 1.82) is 0 Å². The van der Waals surface area contributed by atoms with Crippen molar-refractivity contribution < 1.29 is 22.7 Å². The molecule has 16 heavy (non-hydrogen) atoms. The van der Waals surface area contributed by atoms with Gasteiger partial charge in [-0.05, 0) is 41.1 Å². The molecule has 0 amide bonds. The molecule has 0 saturated heterocycles. The van der Waals surface area contributed by atoms with Crippen molar-refractivity contribution in [2.24, 2.45) is 0 Å². The van der Waals surface area contributed by atoms with E-state index in [1.54, 1.807) is 29.5 Å². The summed E-state index contributed by atoms with van der Waals surface area (Å²) in [6.07, 6.45) is -4.07. The molecular weight excluding hydrogens is 361 g/mol. The summed E-state index contributed by atoms with van der Waals surface area (Å²) in [5, 5.41) is -1.02. The normalized spacial score (nSPS) is 11.4. The van der Waals surface area contributed by atoms with Crippen LogP contribution in [-0.4, -0.2) is 16.6 Å². The second kappa shape index (κ2) is 4.74. The van der Waals surface area contributed by atoms with Crippen molar-refractivity contribution in [3.8, 4) is 5.75 Å². The van der Waals surface area contributed by atoms with Crippen molar-refractivity contribution in [2.45, 2.75) is 13.3 Å². The molecule has 0 aliphatic carbocycles. The predicted molar refractivity (Wildman–Crippen MR) is 58.6 cm³/mol. The Hall–Kier alpha value is -0.570. The van der Waals surface area contributed by atoms with Gasteiger partial charge in [-0.2, -0.15) is 0 Å². The highest BCUT2D eigenvalue weighted by atomic mass is 127. The first kappa shape index (κ1) is 13.5. The minimum atomic E-state index is -4.89. The van der Waals surface area contributed by atoms with Gasteiger partial charge in [-0.15, -0.1) is 13.2 Å². The summed E-state index contributed by atoms with van der Waals surface area (Å²) < 4.78 is 39.9. The molecule has 0 atom stereocenters. The van der Waals surface area contributed by atoms with E-state index in [-0.39, 0.29) is 9.13 Å². The van der Waals surface area contributed by atoms with Crippen molar-refractivity contribution in [3.05, 3.63) is 21.0 Å². The zero-order valence-electron chi connectivity index (χ0n) is 7.73. The molecule has 1 aromatic rings. The van der Waals surface area contributed by atoms with Gasteiger partial charge in [0.15, 0.2) is 5.75 Å². The zero-order valence-corrected chi connectivity index (χ0v) is 10.6. The maximum Gasteiger partial charge on any atom is 0.573 e. The number of alkyl halides is 3. The number of ether oxygens (including phenoxy) is 1. The third kappa shape index (κ3) is 3.21. The lowest BCUT2D eigenvalue weighted by atomic mass is 10.2. The van der Waals surface area contributed by atoms with Gasteiger partial charge in [-0.1, -0.05) is 0 Å². The van der Waals surface area contributed by atoms with Gasteiger partial charge in [0.1, 0.15) is 0 Å². The van der Waals surface area contributed by atoms with Crippen LogP contribution in [0.4, 0.5) is 13.2 Å². The first-order chi connectivity index (χ1) is 7.22. The Morgan fingerprint density at radius 2 is 2.12 bits per heavy atom. The van der Waals surface area contributed by atoms with E-state index in [1.807, 2.05) is 0 Å². The molecule has 0 unspecified atom stereocenters. The highest BCUT2D eigenvalue weighted by Gasteiger charge is 2.33. The number of hydrogen-bond acceptors (Lipinski definition) is 3. The van der Waals surface area contributed by atoms with Crippen LogP contribution < -0.4 is 4.74 Å². The lowest BCUT2D eigenvalue weighted by Crippen LogP contribution is -2.19. The molecule has 1 aromatic heterocycles. The van der Waals surface area contributed by atoms with Crippen LogP contribution in [0.15, 0.2) is 6.20 Å². The number of nitrogens with zero attached hydrogens (tertiary/aromatic N) is 1. The van der Waals surface area contributed by atoms with Gasteiger partial charge in [0.25, 0.3) is 5.24 Å². The molecule has 0 bridgehead atoms. The molecule has 0 fully saturated rings. The second-order valence-electron chi connectivity index (χ2n) is 2.72. The van der Waals surface area contributed by atoms with E-state index < -0.39 is 17.4 Å². The Bertz CT molecular complexity index is 436. The monoisotopic (exact) mass is 365 g/mol. The molecule has 0 spiro atoms. The molecule has 0 aliphatic rings. The quantitative estimate of drug-likeness (QED) is 0.596. The third-order valence-electron chi connectivity index (χ3n) is 1.58. The van der Waals surface area contributed by atoms with Crippen LogP contribution in [-0.2, 0) is 0 Å². The predicted octanol–water partition coefficient (Wildman–Crippen LogP) is 3.27. The second-order valence-corrected chi connectivity index (χ2v) is 4.14. The van der Waals surface area contributed by atoms with Gasteiger partial charge in [-0.25, -0.2) is 0 Å². The maximum atomic E-state index is 12.0. The van der Waals surface area contributed by atoms with E-state index in [9.17, 15) is 18.0 Å². The molecule has 0 saturated carbocycles. The fourth-order valence-corrected chi connectivity index (χ4v) is 1.95. The summed E-state index contributed by atoms with van der Waals surface area (Å²) in [6.45, 7) is 1.54. The van der Waals surface area contributed by atoms with Crippen LogP contribution >= 0.6 is 34.2 Å². The van der Waals surface area contributed by atoms with Crippen molar-refractivity contribution >= 4 is 39.4 Å². The standard InChI is InChI=1S/C8H4ClF3INO2/c1-3-6(13)5(7(9)15)4(2-14-3)16-8(10,11)12/h2H,1H3. The van der Waals surface area contributed by atoms with Crippen LogP contribution in [0.1, 0.15) is 16.1 Å². The maximum absolute atomic E-state index is 12.0. The molecule has 0 aliphatic heterocycles. The highest BCUT2D eigenvalue weighted by molar-refractivity contribution is 14.1. The number of rotatable bonds is 2. The van der Waals surface area contributed by atoms with Gasteiger partial charge in [0.05, 0.1) is 21.0 Å². The van der Waals surface area contributed by atoms with E-state index in [2.05, 4.69) is 9.72 Å². The average molecular weight is 365 g/mol. The number of carbonyl (C=O) groups excluding carboxylic acids is 1. The average Bonchev–Trinajstić information content (AvgIpc) is 2.08. The molecule has 0 N–H and O–H groups in total. The summed E-state index contributed by atoms with van der Waals surface area (Å²) in [6, 6.07) is 0. The SMILES string of the molecule is Cc1ncc(OC(F)(F)F)c(C(=O)Cl)c1I. The number of halogens is 5. The van der Waals surface area contributed by atoms with Gasteiger partial charge in [-0.3, -0.25) is 9.78 Å². The minimum Gasteiger partial charge on any atom is -0.403 e. The first-order valence-electron chi connectivity index (χ1n) is 3.83. The Morgan fingerprint density at radius 3 is 2.56 bits per heavy atom. The fourth-order valence-electron chi connectivity index (χ4n) is 0.951. The molecule has 88 valence electrons. The Labute approximate surface area is 107 Å². The third-order valence-corrected chi connectivity index (χ3v) is 3.09. The van der Waals surface area contributed by atoms with Gasteiger partial charge < -0.3 is 4.74 Å². The van der Waals surface area contributed by atoms with Crippen LogP contribution in [0.25, 0.3) is 0 Å². The molecule has 1 heterocycles. The van der Waals surface area contributed by atoms with Crippen molar-refractivity contribution in [2.75, 3.05) is 0 Å². The van der Waals surface area contributed by atoms with E-state index >= 15 is 0 Å². The molecule has 0 radical (unpaired) electrons. The Morgan fingerprint density at radius 1 is 1.56 bits per heavy atom. The molecule has 1 rings (SSSR count). The molecular formula is C8H4ClF3INO2. The van der Waals surface area contributed by atoms with Gasteiger partial charge in [0.2, 0.25) is 0 Å². The summed E-state index contributed by atoms with van der Waals surface area (Å²) in [5.74, 6) is -0.692. The molecule has 8 heteroatoms. The molecule has 0 aromatic carbocycles. The van der Waals surface area contributed by atoms with Crippen LogP contribution in [0.2, 0.25) is 0 Å². The van der Waals surface area contributed by atoms with Crippen molar-refractivity contribution in [3.63, 3.8) is 0 Å². The van der Waals surface area contributed by atoms with Gasteiger partial charge in [0, 0.05) is 0 Å². The lowest BCUT2D eigenvalue weighted by molar-refractivity contribution is -0.274. The first-order valence-corrected chi connectivity index (χ1v) is 5.28. The smallest absolute Gasteiger partial charge is 0.403 e. The fraction of sp³-hybridized carbons (Fsp3) is 0.250. The summed E-state index contributed by atoms with van der Waals surface area (Å²) in [4.78, 5) is 14.7. The number of carbonyl (C=O) groups is 1. The Kier molecular flexibility index (Phi) is 4.00. The highest BCUT2D eigenvalue weighted by Crippen LogP contribution is 2.30. The largest absolute Gasteiger partial charge is 0.573 e. The summed E-state index contributed by atoms with van der Waals surface area (Å²) in [5.41, 5.74) is 0.0752. The van der Waals surface area contributed by atoms with Gasteiger partial charge >= 0.3 is 6.36 Å². The Balaban J connectivity index is 3.29. The van der Waals surface area contributed by atoms with E-state index in [0.29, 0.717) is 5.69 Å². The zero-order chi connectivity index (χ0) is 12.5. The number of hydrogen-bond donors (Lipinski definition) is 0. The van der Waals surface area contributed by atoms with Crippen LogP contribution in [0.5, 0.6) is 5.75 Å². The van der Waals surface area contributed by atoms with E-state index in [0.717, 1.165) is 6.20 Å². The topological polar surface area (TPSA) is 39.2 Å². The van der Waals surface area contributed by atoms with E-state index in [1.165, 1.54) is 0 Å². The van der Waals surface area contributed by atoms with Crippen molar-refractivity contribution in [1.82, 2.24) is 4.98 Å². The minimum absolute atomic E-state index is 0.236. The van der Waals surface area contributed by atoms with Crippen LogP contribution in [0, 0.1) is 10.5 Å². The lowest BCUT2D eigenvalue weighted by Gasteiger charge is -2.12. The summed E-state index contributed by atoms with van der Waals surface area (Å²) in [7, 11) is 0. The van der Waals surface area contributed by atoms with Crippen LogP contribution in [0.3, 0.4) is 0 Å². The molecule has 3 nitrogen and oxygen atoms in total. The van der Waals surface area contributed by atoms with E-state index in [4.69, 9.17) is 11.6 Å². The number of aromatic nitrogens is 1. The summed E-state index contributed by atoms with van der Waals surface area (Å²) >= 11 is 6.88. The number of aryl methyl sites for hydroxylation is 1. The number of pyridine rings is 1.